The van der Waals surface area contributed by atoms with Crippen LogP contribution in [0.2, 0.25) is 5.02 Å². The zero-order valence-electron chi connectivity index (χ0n) is 18.2. The molecule has 0 spiro atoms. The Morgan fingerprint density at radius 2 is 1.67 bits per heavy atom. The summed E-state index contributed by atoms with van der Waals surface area (Å²) in [6.45, 7) is 4.08. The van der Waals surface area contributed by atoms with Crippen molar-refractivity contribution in [3.63, 3.8) is 0 Å². The summed E-state index contributed by atoms with van der Waals surface area (Å²) in [5.74, 6) is 0.256. The quantitative estimate of drug-likeness (QED) is 0.333. The highest BCUT2D eigenvalue weighted by Crippen LogP contribution is 2.27. The van der Waals surface area contributed by atoms with Crippen LogP contribution in [-0.4, -0.2) is 20.7 Å². The van der Waals surface area contributed by atoms with Crippen molar-refractivity contribution in [2.45, 2.75) is 13.8 Å². The van der Waals surface area contributed by atoms with Gasteiger partial charge in [0.05, 0.1) is 5.69 Å². The van der Waals surface area contributed by atoms with Crippen molar-refractivity contribution < 1.29 is 4.79 Å². The second kappa shape index (κ2) is 8.52. The maximum Gasteiger partial charge on any atom is 0.295 e. The monoisotopic (exact) mass is 452 g/mol. The first kappa shape index (κ1) is 20.9. The molecular formula is C27H21ClN4O. The van der Waals surface area contributed by atoms with Gasteiger partial charge in [-0.2, -0.15) is 0 Å². The summed E-state index contributed by atoms with van der Waals surface area (Å²) in [5.41, 5.74) is 4.54. The molecular weight excluding hydrogens is 432 g/mol. The summed E-state index contributed by atoms with van der Waals surface area (Å²) in [6.07, 6.45) is 0. The van der Waals surface area contributed by atoms with Gasteiger partial charge in [0.1, 0.15) is 0 Å². The number of carbonyl (C=O) groups is 1. The molecule has 0 saturated carbocycles. The highest BCUT2D eigenvalue weighted by atomic mass is 35.5. The molecule has 5 nitrogen and oxygen atoms in total. The fourth-order valence-electron chi connectivity index (χ4n) is 3.87. The van der Waals surface area contributed by atoms with Crippen molar-refractivity contribution >= 4 is 34.0 Å². The van der Waals surface area contributed by atoms with Crippen LogP contribution >= 0.6 is 11.6 Å². The molecule has 1 heterocycles. The number of anilines is 1. The molecule has 0 aliphatic carbocycles. The van der Waals surface area contributed by atoms with Crippen LogP contribution in [0.3, 0.4) is 0 Å². The van der Waals surface area contributed by atoms with Gasteiger partial charge < -0.3 is 5.32 Å². The lowest BCUT2D eigenvalue weighted by Gasteiger charge is -2.11. The van der Waals surface area contributed by atoms with Gasteiger partial charge in [-0.25, -0.2) is 9.67 Å². The van der Waals surface area contributed by atoms with E-state index in [4.69, 9.17) is 11.6 Å². The van der Waals surface area contributed by atoms with Crippen LogP contribution in [0.25, 0.3) is 27.8 Å². The highest BCUT2D eigenvalue weighted by molar-refractivity contribution is 6.30. The number of benzene rings is 4. The van der Waals surface area contributed by atoms with Crippen molar-refractivity contribution in [3.05, 3.63) is 107 Å². The number of rotatable bonds is 4. The number of nitrogens with zero attached hydrogens (tertiary/aromatic N) is 3. The zero-order valence-corrected chi connectivity index (χ0v) is 19.0. The SMILES string of the molecule is Cc1cccc(-n2nc(C(=O)Nc3cccc4ccccc34)nc2-c2cccc(Cl)c2)c1C. The van der Waals surface area contributed by atoms with E-state index in [0.29, 0.717) is 16.5 Å². The number of carbonyl (C=O) groups excluding carboxylic acids is 1. The third kappa shape index (κ3) is 3.99. The van der Waals surface area contributed by atoms with Gasteiger partial charge in [0.2, 0.25) is 5.82 Å². The van der Waals surface area contributed by atoms with E-state index in [2.05, 4.69) is 15.4 Å². The molecule has 1 N–H and O–H groups in total. The third-order valence-corrected chi connectivity index (χ3v) is 5.97. The Morgan fingerprint density at radius 3 is 2.52 bits per heavy atom. The molecule has 4 aromatic carbocycles. The number of hydrogen-bond acceptors (Lipinski definition) is 3. The number of aryl methyl sites for hydroxylation is 1. The first-order valence-electron chi connectivity index (χ1n) is 10.6. The van der Waals surface area contributed by atoms with Gasteiger partial charge in [-0.1, -0.05) is 72.3 Å². The molecule has 1 amide bonds. The smallest absolute Gasteiger partial charge is 0.295 e. The van der Waals surface area contributed by atoms with Gasteiger partial charge >= 0.3 is 0 Å². The fraction of sp³-hybridized carbons (Fsp3) is 0.0741. The van der Waals surface area contributed by atoms with E-state index >= 15 is 0 Å². The lowest BCUT2D eigenvalue weighted by molar-refractivity contribution is 0.101. The topological polar surface area (TPSA) is 59.8 Å². The molecule has 0 radical (unpaired) electrons. The predicted molar refractivity (Wildman–Crippen MR) is 133 cm³/mol. The Morgan fingerprint density at radius 1 is 0.909 bits per heavy atom. The molecule has 5 aromatic rings. The van der Waals surface area contributed by atoms with E-state index in [1.165, 1.54) is 0 Å². The van der Waals surface area contributed by atoms with E-state index < -0.39 is 0 Å². The van der Waals surface area contributed by atoms with E-state index in [-0.39, 0.29) is 11.7 Å². The molecule has 0 unspecified atom stereocenters. The van der Waals surface area contributed by atoms with Crippen molar-refractivity contribution in [1.29, 1.82) is 0 Å². The molecule has 33 heavy (non-hydrogen) atoms. The number of hydrogen-bond donors (Lipinski definition) is 1. The maximum absolute atomic E-state index is 13.2. The van der Waals surface area contributed by atoms with Gasteiger partial charge in [-0.15, -0.1) is 5.10 Å². The minimum Gasteiger partial charge on any atom is -0.319 e. The average Bonchev–Trinajstić information content (AvgIpc) is 3.27. The normalized spacial score (nSPS) is 11.0. The first-order valence-corrected chi connectivity index (χ1v) is 11.0. The Balaban J connectivity index is 1.61. The van der Waals surface area contributed by atoms with Crippen LogP contribution < -0.4 is 5.32 Å². The van der Waals surface area contributed by atoms with Crippen LogP contribution in [-0.2, 0) is 0 Å². The van der Waals surface area contributed by atoms with Crippen molar-refractivity contribution in [3.8, 4) is 17.1 Å². The summed E-state index contributed by atoms with van der Waals surface area (Å²) in [4.78, 5) is 17.9. The largest absolute Gasteiger partial charge is 0.319 e. The van der Waals surface area contributed by atoms with Crippen LogP contribution in [0.4, 0.5) is 5.69 Å². The van der Waals surface area contributed by atoms with Gasteiger partial charge in [-0.3, -0.25) is 4.79 Å². The lowest BCUT2D eigenvalue weighted by atomic mass is 10.1. The number of aromatic nitrogens is 3. The van der Waals surface area contributed by atoms with Gasteiger partial charge in [0, 0.05) is 21.7 Å². The number of amides is 1. The number of fused-ring (bicyclic) bond motifs is 1. The van der Waals surface area contributed by atoms with Crippen molar-refractivity contribution in [1.82, 2.24) is 14.8 Å². The highest BCUT2D eigenvalue weighted by Gasteiger charge is 2.21. The Bertz CT molecular complexity index is 1500. The zero-order chi connectivity index (χ0) is 22.9. The van der Waals surface area contributed by atoms with Crippen molar-refractivity contribution in [2.75, 3.05) is 5.32 Å². The summed E-state index contributed by atoms with van der Waals surface area (Å²) in [5, 5.41) is 10.2. The first-order chi connectivity index (χ1) is 16.0. The molecule has 0 aliphatic heterocycles. The minimum absolute atomic E-state index is 0.0822. The summed E-state index contributed by atoms with van der Waals surface area (Å²) in [6, 6.07) is 27.1. The van der Waals surface area contributed by atoms with Gasteiger partial charge in [0.25, 0.3) is 5.91 Å². The second-order valence-corrected chi connectivity index (χ2v) is 8.32. The Hall–Kier alpha value is -3.96. The molecule has 0 bridgehead atoms. The maximum atomic E-state index is 13.2. The van der Waals surface area contributed by atoms with E-state index in [1.807, 2.05) is 92.7 Å². The number of halogens is 1. The predicted octanol–water partition coefficient (Wildman–Crippen LogP) is 6.61. The van der Waals surface area contributed by atoms with Crippen molar-refractivity contribution in [2.24, 2.45) is 0 Å². The molecule has 0 fully saturated rings. The Labute approximate surface area is 196 Å². The third-order valence-electron chi connectivity index (χ3n) is 5.74. The van der Waals surface area contributed by atoms with Crippen LogP contribution in [0.15, 0.2) is 84.9 Å². The van der Waals surface area contributed by atoms with Crippen LogP contribution in [0.1, 0.15) is 21.7 Å². The average molecular weight is 453 g/mol. The van der Waals surface area contributed by atoms with E-state index in [0.717, 1.165) is 33.2 Å². The lowest BCUT2D eigenvalue weighted by Crippen LogP contribution is -2.14. The van der Waals surface area contributed by atoms with Crippen LogP contribution in [0.5, 0.6) is 0 Å². The van der Waals surface area contributed by atoms with Crippen LogP contribution in [0, 0.1) is 13.8 Å². The molecule has 0 atom stereocenters. The summed E-state index contributed by atoms with van der Waals surface area (Å²) in [7, 11) is 0. The number of nitrogens with one attached hydrogen (secondary N) is 1. The second-order valence-electron chi connectivity index (χ2n) is 7.88. The van der Waals surface area contributed by atoms with E-state index in [1.54, 1.807) is 10.7 Å². The fourth-order valence-corrected chi connectivity index (χ4v) is 4.06. The molecule has 5 rings (SSSR count). The van der Waals surface area contributed by atoms with Gasteiger partial charge in [0.15, 0.2) is 5.82 Å². The molecule has 0 saturated heterocycles. The molecule has 162 valence electrons. The molecule has 0 aliphatic rings. The van der Waals surface area contributed by atoms with E-state index in [9.17, 15) is 4.79 Å². The summed E-state index contributed by atoms with van der Waals surface area (Å²) >= 11 is 6.25. The minimum atomic E-state index is -0.376. The molecule has 6 heteroatoms. The Kier molecular flexibility index (Phi) is 5.40. The summed E-state index contributed by atoms with van der Waals surface area (Å²) < 4.78 is 1.71. The standard InChI is InChI=1S/C27H21ClN4O/c1-17-8-5-15-24(18(17)2)32-26(20-11-6-12-21(28)16-20)30-25(31-32)27(33)29-23-14-7-10-19-9-3-4-13-22(19)23/h3-16H,1-2H3,(H,29,33). The van der Waals surface area contributed by atoms with Gasteiger partial charge in [-0.05, 0) is 54.6 Å². The molecule has 1 aromatic heterocycles.